The van der Waals surface area contributed by atoms with E-state index in [1.807, 2.05) is 0 Å². The first-order valence-corrected chi connectivity index (χ1v) is 4.60. The van der Waals surface area contributed by atoms with Crippen LogP contribution in [0.25, 0.3) is 5.57 Å². The van der Waals surface area contributed by atoms with Crippen molar-refractivity contribution >= 4 is 11.5 Å². The molecule has 86 valence electrons. The van der Waals surface area contributed by atoms with Crippen LogP contribution in [0.5, 0.6) is 0 Å². The molecule has 2 heterocycles. The molecule has 0 amide bonds. The number of aliphatic carboxylic acids is 1. The van der Waals surface area contributed by atoms with Gasteiger partial charge >= 0.3 is 12.1 Å². The standard InChI is InChI=1S/C10H8F3NO2/c11-10(12,13)8-6(9(15)16)3-5-14-4-1-2-7(8)14/h1-2,4H,3,5H2,(H,15,16). The molecule has 0 radical (unpaired) electrons. The molecule has 0 aromatic carbocycles. The first kappa shape index (κ1) is 10.8. The zero-order valence-electron chi connectivity index (χ0n) is 8.08. The van der Waals surface area contributed by atoms with E-state index < -0.39 is 23.3 Å². The molecule has 1 aliphatic rings. The van der Waals surface area contributed by atoms with E-state index >= 15 is 0 Å². The lowest BCUT2D eigenvalue weighted by atomic mass is 9.98. The molecule has 1 aromatic heterocycles. The van der Waals surface area contributed by atoms with Gasteiger partial charge in [0.1, 0.15) is 0 Å². The molecule has 0 fully saturated rings. The van der Waals surface area contributed by atoms with Gasteiger partial charge in [0.25, 0.3) is 0 Å². The van der Waals surface area contributed by atoms with Gasteiger partial charge in [0.15, 0.2) is 0 Å². The van der Waals surface area contributed by atoms with Gasteiger partial charge in [-0.3, -0.25) is 0 Å². The average molecular weight is 231 g/mol. The third-order valence-corrected chi connectivity index (χ3v) is 2.53. The Morgan fingerprint density at radius 1 is 1.44 bits per heavy atom. The summed E-state index contributed by atoms with van der Waals surface area (Å²) in [5.41, 5.74) is -1.66. The molecule has 3 nitrogen and oxygen atoms in total. The zero-order chi connectivity index (χ0) is 11.9. The van der Waals surface area contributed by atoms with Gasteiger partial charge in [-0.15, -0.1) is 0 Å². The average Bonchev–Trinajstić information content (AvgIpc) is 2.61. The molecule has 0 unspecified atom stereocenters. The molecule has 0 bridgehead atoms. The summed E-state index contributed by atoms with van der Waals surface area (Å²) in [7, 11) is 0. The number of alkyl halides is 3. The van der Waals surface area contributed by atoms with Crippen molar-refractivity contribution in [2.24, 2.45) is 0 Å². The van der Waals surface area contributed by atoms with Gasteiger partial charge < -0.3 is 9.67 Å². The van der Waals surface area contributed by atoms with Crippen molar-refractivity contribution in [3.8, 4) is 0 Å². The lowest BCUT2D eigenvalue weighted by molar-refractivity contribution is -0.133. The summed E-state index contributed by atoms with van der Waals surface area (Å²) in [4.78, 5) is 10.8. The molecule has 0 aliphatic carbocycles. The van der Waals surface area contributed by atoms with E-state index in [4.69, 9.17) is 5.11 Å². The van der Waals surface area contributed by atoms with Gasteiger partial charge in [-0.05, 0) is 18.6 Å². The number of rotatable bonds is 1. The maximum atomic E-state index is 12.8. The first-order valence-electron chi connectivity index (χ1n) is 4.60. The molecular formula is C10H8F3NO2. The summed E-state index contributed by atoms with van der Waals surface area (Å²) in [6, 6.07) is 2.76. The highest BCUT2D eigenvalue weighted by atomic mass is 19.4. The fourth-order valence-electron chi connectivity index (χ4n) is 1.88. The summed E-state index contributed by atoms with van der Waals surface area (Å²) in [5.74, 6) is -1.50. The molecule has 0 saturated heterocycles. The minimum Gasteiger partial charge on any atom is -0.478 e. The topological polar surface area (TPSA) is 42.2 Å². The number of hydrogen-bond acceptors (Lipinski definition) is 1. The second-order valence-corrected chi connectivity index (χ2v) is 3.49. The fraction of sp³-hybridized carbons (Fsp3) is 0.300. The van der Waals surface area contributed by atoms with Crippen molar-refractivity contribution in [1.29, 1.82) is 0 Å². The van der Waals surface area contributed by atoms with Crippen molar-refractivity contribution in [3.05, 3.63) is 29.6 Å². The van der Waals surface area contributed by atoms with E-state index in [2.05, 4.69) is 0 Å². The molecule has 1 aromatic rings. The van der Waals surface area contributed by atoms with Crippen LogP contribution in [-0.4, -0.2) is 21.8 Å². The predicted molar refractivity (Wildman–Crippen MR) is 49.7 cm³/mol. The Morgan fingerprint density at radius 2 is 2.12 bits per heavy atom. The SMILES string of the molecule is O=C(O)C1=C(C(F)(F)F)c2cccn2CC1. The van der Waals surface area contributed by atoms with E-state index in [0.717, 1.165) is 0 Å². The van der Waals surface area contributed by atoms with E-state index in [0.29, 0.717) is 0 Å². The summed E-state index contributed by atoms with van der Waals surface area (Å²) in [6.45, 7) is 0.267. The third kappa shape index (κ3) is 1.60. The molecular weight excluding hydrogens is 223 g/mol. The van der Waals surface area contributed by atoms with Gasteiger partial charge in [-0.2, -0.15) is 13.2 Å². The Balaban J connectivity index is 2.65. The second-order valence-electron chi connectivity index (χ2n) is 3.49. The number of carbonyl (C=O) groups is 1. The van der Waals surface area contributed by atoms with Crippen LogP contribution in [0, 0.1) is 0 Å². The molecule has 6 heteroatoms. The summed E-state index contributed by atoms with van der Waals surface area (Å²) >= 11 is 0. The van der Waals surface area contributed by atoms with E-state index in [-0.39, 0.29) is 18.7 Å². The lowest BCUT2D eigenvalue weighted by Gasteiger charge is -2.22. The Kier molecular flexibility index (Phi) is 2.29. The van der Waals surface area contributed by atoms with Gasteiger partial charge in [0, 0.05) is 12.7 Å². The quantitative estimate of drug-likeness (QED) is 0.805. The predicted octanol–water partition coefficient (Wildman–Crippen LogP) is 2.29. The maximum Gasteiger partial charge on any atom is 0.418 e. The minimum atomic E-state index is -4.63. The number of halogens is 3. The van der Waals surface area contributed by atoms with Gasteiger partial charge in [0.2, 0.25) is 0 Å². The van der Waals surface area contributed by atoms with Crippen LogP contribution in [0.3, 0.4) is 0 Å². The van der Waals surface area contributed by atoms with Crippen molar-refractivity contribution in [1.82, 2.24) is 4.57 Å². The van der Waals surface area contributed by atoms with Gasteiger partial charge in [0.05, 0.1) is 16.8 Å². The van der Waals surface area contributed by atoms with E-state index in [1.54, 1.807) is 0 Å². The molecule has 2 rings (SSSR count). The van der Waals surface area contributed by atoms with Crippen LogP contribution < -0.4 is 0 Å². The smallest absolute Gasteiger partial charge is 0.418 e. The summed E-state index contributed by atoms with van der Waals surface area (Å²) in [5, 5.41) is 8.77. The highest BCUT2D eigenvalue weighted by molar-refractivity contribution is 5.97. The second kappa shape index (κ2) is 3.40. The van der Waals surface area contributed by atoms with Crippen LogP contribution in [-0.2, 0) is 11.3 Å². The van der Waals surface area contributed by atoms with Crippen molar-refractivity contribution < 1.29 is 23.1 Å². The highest BCUT2D eigenvalue weighted by Gasteiger charge is 2.41. The number of aromatic nitrogens is 1. The monoisotopic (exact) mass is 231 g/mol. The maximum absolute atomic E-state index is 12.8. The first-order chi connectivity index (χ1) is 7.41. The van der Waals surface area contributed by atoms with E-state index in [9.17, 15) is 18.0 Å². The Morgan fingerprint density at radius 3 is 2.69 bits per heavy atom. The number of fused-ring (bicyclic) bond motifs is 1. The third-order valence-electron chi connectivity index (χ3n) is 2.53. The number of hydrogen-bond donors (Lipinski definition) is 1. The summed E-state index contributed by atoms with van der Waals surface area (Å²) in [6.07, 6.45) is -3.23. The molecule has 0 saturated carbocycles. The number of allylic oxidation sites excluding steroid dienone is 1. The Hall–Kier alpha value is -1.72. The van der Waals surface area contributed by atoms with Crippen LogP contribution in [0.15, 0.2) is 23.9 Å². The van der Waals surface area contributed by atoms with Crippen molar-refractivity contribution in [2.75, 3.05) is 0 Å². The van der Waals surface area contributed by atoms with Crippen molar-refractivity contribution in [3.63, 3.8) is 0 Å². The largest absolute Gasteiger partial charge is 0.478 e. The Bertz CT molecular complexity index is 471. The fourth-order valence-corrected chi connectivity index (χ4v) is 1.88. The number of carboxylic acid groups (broad SMARTS) is 1. The molecule has 1 aliphatic heterocycles. The van der Waals surface area contributed by atoms with Crippen LogP contribution in [0.1, 0.15) is 12.1 Å². The normalized spacial score (nSPS) is 16.2. The van der Waals surface area contributed by atoms with Crippen LogP contribution in [0.2, 0.25) is 0 Å². The number of nitrogens with zero attached hydrogens (tertiary/aromatic N) is 1. The zero-order valence-corrected chi connectivity index (χ0v) is 8.08. The van der Waals surface area contributed by atoms with E-state index in [1.165, 1.54) is 22.9 Å². The van der Waals surface area contributed by atoms with Crippen LogP contribution >= 0.6 is 0 Å². The number of aryl methyl sites for hydroxylation is 1. The van der Waals surface area contributed by atoms with Crippen molar-refractivity contribution in [2.45, 2.75) is 19.1 Å². The summed E-state index contributed by atoms with van der Waals surface area (Å²) < 4.78 is 39.7. The minimum absolute atomic E-state index is 0.0730. The Labute approximate surface area is 88.8 Å². The molecule has 1 N–H and O–H groups in total. The molecule has 0 atom stereocenters. The molecule has 0 spiro atoms. The van der Waals surface area contributed by atoms with Gasteiger partial charge in [-0.1, -0.05) is 0 Å². The number of carboxylic acids is 1. The van der Waals surface area contributed by atoms with Gasteiger partial charge in [-0.25, -0.2) is 4.79 Å². The lowest BCUT2D eigenvalue weighted by Crippen LogP contribution is -2.24. The highest BCUT2D eigenvalue weighted by Crippen LogP contribution is 2.40. The van der Waals surface area contributed by atoms with Crippen LogP contribution in [0.4, 0.5) is 13.2 Å². The molecule has 16 heavy (non-hydrogen) atoms.